The molecule has 236 valence electrons. The molecule has 16 heteroatoms. The Hall–Kier alpha value is -3.49. The molecule has 4 N–H and O–H groups in total. The van der Waals surface area contributed by atoms with Crippen LogP contribution in [0.4, 0.5) is 38.1 Å². The summed E-state index contributed by atoms with van der Waals surface area (Å²) in [7, 11) is 0. The van der Waals surface area contributed by atoms with Gasteiger partial charge in [-0.05, 0) is 60.1 Å². The molecule has 2 atom stereocenters. The van der Waals surface area contributed by atoms with E-state index in [-0.39, 0.29) is 33.3 Å². The Balaban J connectivity index is 1.45. The first-order chi connectivity index (χ1) is 20.5. The number of benzene rings is 2. The van der Waals surface area contributed by atoms with E-state index >= 15 is 0 Å². The van der Waals surface area contributed by atoms with E-state index in [2.05, 4.69) is 15.3 Å². The monoisotopic (exact) mass is 663 g/mol. The van der Waals surface area contributed by atoms with Gasteiger partial charge in [0.25, 0.3) is 0 Å². The second-order valence-corrected chi connectivity index (χ2v) is 11.7. The number of halogens is 8. The fraction of sp³-hybridized carbons (Fsp3) is 0.393. The number of hydrogen-bond donors (Lipinski definition) is 3. The number of alkyl halides is 6. The molecule has 3 heterocycles. The first-order valence-corrected chi connectivity index (χ1v) is 14.1. The number of carbonyl (C=O) groups is 1. The van der Waals surface area contributed by atoms with Crippen LogP contribution < -0.4 is 20.7 Å². The summed E-state index contributed by atoms with van der Waals surface area (Å²) < 4.78 is 89.7. The summed E-state index contributed by atoms with van der Waals surface area (Å²) in [6.45, 7) is 1.41. The molecule has 2 aliphatic heterocycles. The molecule has 5 rings (SSSR count). The highest BCUT2D eigenvalue weighted by atomic mass is 35.5. The zero-order valence-electron chi connectivity index (χ0n) is 22.6. The molecule has 2 fully saturated rings. The standard InChI is InChI=1S/C28H25Cl2F6N5O3/c29-15-2-3-16(17(10-15)14-1-4-19(30)18(9-14)27(31,32)33)23(28(34,35)36)44-22-11-21(39-25(37)40-22)41-7-5-26(6-8-41)12-20(24(42)43)38-13-26/h1-4,9-11,20,23,38H,5-8,12-13H2,(H,42,43)(H2,37,39,40)/t20-,23+/m0/s1. The lowest BCUT2D eigenvalue weighted by molar-refractivity contribution is -0.198. The molecule has 0 unspecified atom stereocenters. The van der Waals surface area contributed by atoms with Crippen molar-refractivity contribution < 1.29 is 41.0 Å². The second-order valence-electron chi connectivity index (χ2n) is 10.8. The summed E-state index contributed by atoms with van der Waals surface area (Å²) in [5.74, 6) is -1.56. The summed E-state index contributed by atoms with van der Waals surface area (Å²) in [4.78, 5) is 21.2. The van der Waals surface area contributed by atoms with Crippen molar-refractivity contribution in [3.05, 3.63) is 63.6 Å². The van der Waals surface area contributed by atoms with Gasteiger partial charge in [-0.25, -0.2) is 0 Å². The molecule has 0 amide bonds. The van der Waals surface area contributed by atoms with Crippen LogP contribution in [0.5, 0.6) is 5.88 Å². The lowest BCUT2D eigenvalue weighted by atomic mass is 9.76. The lowest BCUT2D eigenvalue weighted by Gasteiger charge is -2.39. The first kappa shape index (κ1) is 31.9. The summed E-state index contributed by atoms with van der Waals surface area (Å²) in [6.07, 6.45) is -10.9. The zero-order valence-corrected chi connectivity index (χ0v) is 24.2. The van der Waals surface area contributed by atoms with E-state index in [0.29, 0.717) is 45.0 Å². The van der Waals surface area contributed by atoms with Crippen LogP contribution >= 0.6 is 23.2 Å². The van der Waals surface area contributed by atoms with Crippen molar-refractivity contribution in [2.75, 3.05) is 30.3 Å². The highest BCUT2D eigenvalue weighted by Crippen LogP contribution is 2.45. The molecule has 1 spiro atoms. The molecule has 44 heavy (non-hydrogen) atoms. The average Bonchev–Trinajstić information content (AvgIpc) is 3.35. The number of rotatable bonds is 6. The van der Waals surface area contributed by atoms with E-state index in [4.69, 9.17) is 33.7 Å². The SMILES string of the molecule is Nc1nc(O[C@H](c2ccc(Cl)cc2-c2ccc(Cl)c(C(F)(F)F)c2)C(F)(F)F)cc(N2CCC3(CC2)CN[C@H](C(=O)O)C3)n1. The fourth-order valence-electron chi connectivity index (χ4n) is 5.68. The summed E-state index contributed by atoms with van der Waals surface area (Å²) in [5, 5.41) is 11.7. The molecule has 2 saturated heterocycles. The molecule has 2 aromatic carbocycles. The van der Waals surface area contributed by atoms with E-state index in [9.17, 15) is 36.2 Å². The van der Waals surface area contributed by atoms with Gasteiger partial charge in [-0.15, -0.1) is 0 Å². The van der Waals surface area contributed by atoms with Gasteiger partial charge >= 0.3 is 18.3 Å². The van der Waals surface area contributed by atoms with Gasteiger partial charge in [0.2, 0.25) is 17.9 Å². The van der Waals surface area contributed by atoms with Crippen LogP contribution in [0.15, 0.2) is 42.5 Å². The van der Waals surface area contributed by atoms with Gasteiger partial charge in [0.15, 0.2) is 0 Å². The van der Waals surface area contributed by atoms with Crippen LogP contribution in [0.2, 0.25) is 10.0 Å². The first-order valence-electron chi connectivity index (χ1n) is 13.3. The molecule has 8 nitrogen and oxygen atoms in total. The predicted octanol–water partition coefficient (Wildman–Crippen LogP) is 6.77. The molecule has 1 aromatic heterocycles. The summed E-state index contributed by atoms with van der Waals surface area (Å²) >= 11 is 11.8. The van der Waals surface area contributed by atoms with Crippen molar-refractivity contribution in [2.24, 2.45) is 5.41 Å². The number of nitrogens with two attached hydrogens (primary N) is 1. The molecule has 0 aliphatic carbocycles. The van der Waals surface area contributed by atoms with Crippen LogP contribution in [0, 0.1) is 5.41 Å². The predicted molar refractivity (Wildman–Crippen MR) is 151 cm³/mol. The van der Waals surface area contributed by atoms with E-state index in [1.54, 1.807) is 4.90 Å². The van der Waals surface area contributed by atoms with Crippen molar-refractivity contribution >= 4 is 40.9 Å². The third-order valence-corrected chi connectivity index (χ3v) is 8.49. The van der Waals surface area contributed by atoms with Gasteiger partial charge in [0.05, 0.1) is 10.6 Å². The van der Waals surface area contributed by atoms with E-state index in [0.717, 1.165) is 24.3 Å². The number of piperidine rings is 1. The molecule has 3 aromatic rings. The smallest absolute Gasteiger partial charge is 0.429 e. The molecule has 0 radical (unpaired) electrons. The van der Waals surface area contributed by atoms with Crippen molar-refractivity contribution in [1.29, 1.82) is 0 Å². The van der Waals surface area contributed by atoms with Crippen LogP contribution in [0.1, 0.15) is 36.5 Å². The van der Waals surface area contributed by atoms with Gasteiger partial charge in [-0.3, -0.25) is 4.79 Å². The molecule has 0 saturated carbocycles. The Morgan fingerprint density at radius 1 is 1.07 bits per heavy atom. The van der Waals surface area contributed by atoms with Crippen molar-refractivity contribution in [3.63, 3.8) is 0 Å². The Morgan fingerprint density at radius 3 is 2.39 bits per heavy atom. The third-order valence-electron chi connectivity index (χ3n) is 7.93. The maximum absolute atomic E-state index is 14.5. The maximum atomic E-state index is 14.5. The van der Waals surface area contributed by atoms with E-state index in [1.165, 1.54) is 12.1 Å². The van der Waals surface area contributed by atoms with Gasteiger partial charge in [-0.1, -0.05) is 35.3 Å². The number of nitrogens with zero attached hydrogens (tertiary/aromatic N) is 3. The molecular formula is C28H25Cl2F6N5O3. The number of nitrogen functional groups attached to an aromatic ring is 1. The number of aromatic nitrogens is 2. The largest absolute Gasteiger partial charge is 0.480 e. The van der Waals surface area contributed by atoms with Gasteiger partial charge in [-0.2, -0.15) is 36.3 Å². The van der Waals surface area contributed by atoms with E-state index < -0.39 is 52.5 Å². The topological polar surface area (TPSA) is 114 Å². The van der Waals surface area contributed by atoms with Crippen molar-refractivity contribution in [2.45, 2.75) is 43.8 Å². The highest BCUT2D eigenvalue weighted by molar-refractivity contribution is 6.31. The van der Waals surface area contributed by atoms with Crippen LogP contribution in [-0.4, -0.2) is 52.9 Å². The molecule has 2 aliphatic rings. The van der Waals surface area contributed by atoms with E-state index in [1.807, 2.05) is 0 Å². The van der Waals surface area contributed by atoms with Crippen molar-refractivity contribution in [1.82, 2.24) is 15.3 Å². The minimum Gasteiger partial charge on any atom is -0.480 e. The summed E-state index contributed by atoms with van der Waals surface area (Å²) in [6, 6.07) is 6.61. The molecular weight excluding hydrogens is 639 g/mol. The number of carboxylic acid groups (broad SMARTS) is 1. The lowest BCUT2D eigenvalue weighted by Crippen LogP contribution is -2.41. The third kappa shape index (κ3) is 6.76. The highest BCUT2D eigenvalue weighted by Gasteiger charge is 2.46. The number of ether oxygens (including phenoxy) is 1. The number of anilines is 2. The maximum Gasteiger partial charge on any atom is 0.429 e. The Bertz CT molecular complexity index is 1560. The zero-order chi connectivity index (χ0) is 32.0. The van der Waals surface area contributed by atoms with Crippen molar-refractivity contribution in [3.8, 4) is 17.0 Å². The average molecular weight is 664 g/mol. The Kier molecular flexibility index (Phi) is 8.55. The van der Waals surface area contributed by atoms with Gasteiger partial charge < -0.3 is 25.8 Å². The molecule has 0 bridgehead atoms. The van der Waals surface area contributed by atoms with Gasteiger partial charge in [0.1, 0.15) is 11.9 Å². The normalized spacial score (nSPS) is 19.3. The minimum absolute atomic E-state index is 0.0169. The summed E-state index contributed by atoms with van der Waals surface area (Å²) in [5.41, 5.74) is 3.41. The van der Waals surface area contributed by atoms with Crippen LogP contribution in [0.25, 0.3) is 11.1 Å². The Labute approximate surface area is 257 Å². The number of carboxylic acids is 1. The number of hydrogen-bond acceptors (Lipinski definition) is 7. The van der Waals surface area contributed by atoms with Crippen LogP contribution in [0.3, 0.4) is 0 Å². The minimum atomic E-state index is -5.05. The fourth-order valence-corrected chi connectivity index (χ4v) is 6.08. The van der Waals surface area contributed by atoms with Gasteiger partial charge in [0, 0.05) is 36.3 Å². The Morgan fingerprint density at radius 2 is 1.77 bits per heavy atom. The second kappa shape index (κ2) is 11.8. The quantitative estimate of drug-likeness (QED) is 0.248. The number of nitrogens with one attached hydrogen (secondary N) is 1. The number of aliphatic carboxylic acids is 1. The van der Waals surface area contributed by atoms with Crippen LogP contribution in [-0.2, 0) is 11.0 Å².